The molecular formula is C42H50N2O6S3. The molecule has 1 heterocycles. The van der Waals surface area contributed by atoms with Gasteiger partial charge in [0.2, 0.25) is 20.0 Å². The van der Waals surface area contributed by atoms with E-state index in [0.717, 1.165) is 62.5 Å². The molecule has 1 saturated heterocycles. The molecule has 7 rings (SSSR count). The molecule has 0 bridgehead atoms. The predicted octanol–water partition coefficient (Wildman–Crippen LogP) is 8.03. The second-order valence-electron chi connectivity index (χ2n) is 15.1. The van der Waals surface area contributed by atoms with Crippen LogP contribution in [0.15, 0.2) is 119 Å². The minimum absolute atomic E-state index is 0.0619. The van der Waals surface area contributed by atoms with Crippen molar-refractivity contribution in [1.29, 1.82) is 0 Å². The summed E-state index contributed by atoms with van der Waals surface area (Å²) in [5.41, 5.74) is 3.56. The lowest BCUT2D eigenvalue weighted by molar-refractivity contribution is 0.219. The summed E-state index contributed by atoms with van der Waals surface area (Å²) < 4.78 is 89.1. The second-order valence-corrected chi connectivity index (χ2v) is 21.0. The first kappa shape index (κ1) is 37.9. The van der Waals surface area contributed by atoms with E-state index in [-0.39, 0.29) is 22.9 Å². The molecule has 0 spiro atoms. The summed E-state index contributed by atoms with van der Waals surface area (Å²) in [6.07, 6.45) is 11.3. The van der Waals surface area contributed by atoms with Crippen LogP contribution in [0, 0.1) is 0 Å². The Labute approximate surface area is 316 Å². The van der Waals surface area contributed by atoms with E-state index in [1.54, 1.807) is 48.5 Å². The fraction of sp³-hybridized carbons (Fsp3) is 0.429. The van der Waals surface area contributed by atoms with E-state index in [1.165, 1.54) is 21.5 Å². The normalized spacial score (nSPS) is 21.6. The van der Waals surface area contributed by atoms with Gasteiger partial charge in [-0.2, -0.15) is 8.61 Å². The molecule has 0 N–H and O–H groups in total. The molecular weight excluding hydrogens is 725 g/mol. The Morgan fingerprint density at radius 1 is 0.472 bits per heavy atom. The van der Waals surface area contributed by atoms with E-state index in [9.17, 15) is 25.3 Å². The van der Waals surface area contributed by atoms with Crippen LogP contribution in [-0.4, -0.2) is 57.5 Å². The van der Waals surface area contributed by atoms with Gasteiger partial charge in [0.05, 0.1) is 33.4 Å². The zero-order chi connectivity index (χ0) is 37.1. The second kappa shape index (κ2) is 16.2. The minimum atomic E-state index is -4.30. The molecule has 0 unspecified atom stereocenters. The van der Waals surface area contributed by atoms with Crippen LogP contribution in [0.4, 0.5) is 0 Å². The smallest absolute Gasteiger partial charge is 0.229 e. The molecule has 0 amide bonds. The fourth-order valence-corrected chi connectivity index (χ4v) is 14.1. The third-order valence-electron chi connectivity index (χ3n) is 11.5. The maximum Gasteiger partial charge on any atom is 0.243 e. The van der Waals surface area contributed by atoms with Crippen molar-refractivity contribution in [2.24, 2.45) is 0 Å². The molecule has 282 valence electrons. The van der Waals surface area contributed by atoms with Crippen LogP contribution in [0.5, 0.6) is 0 Å². The molecule has 2 saturated carbocycles. The van der Waals surface area contributed by atoms with Crippen LogP contribution < -0.4 is 0 Å². The van der Waals surface area contributed by atoms with Crippen molar-refractivity contribution in [3.05, 3.63) is 131 Å². The highest BCUT2D eigenvalue weighted by atomic mass is 32.2. The van der Waals surface area contributed by atoms with Gasteiger partial charge in [-0.3, -0.25) is 0 Å². The highest BCUT2D eigenvalue weighted by Gasteiger charge is 2.50. The third-order valence-corrected chi connectivity index (χ3v) is 17.0. The molecule has 53 heavy (non-hydrogen) atoms. The van der Waals surface area contributed by atoms with Gasteiger partial charge in [-0.1, -0.05) is 123 Å². The van der Waals surface area contributed by atoms with Crippen LogP contribution in [0.25, 0.3) is 0 Å². The highest BCUT2D eigenvalue weighted by molar-refractivity contribution is 7.92. The predicted molar refractivity (Wildman–Crippen MR) is 209 cm³/mol. The van der Waals surface area contributed by atoms with Crippen molar-refractivity contribution in [1.82, 2.24) is 8.61 Å². The first-order valence-corrected chi connectivity index (χ1v) is 23.7. The maximum absolute atomic E-state index is 14.8. The van der Waals surface area contributed by atoms with E-state index in [2.05, 4.69) is 0 Å². The summed E-state index contributed by atoms with van der Waals surface area (Å²) in [6.45, 7) is -0.223. The molecule has 3 aliphatic rings. The number of sulfone groups is 1. The summed E-state index contributed by atoms with van der Waals surface area (Å²) in [6, 6.07) is 29.8. The Morgan fingerprint density at radius 3 is 1.15 bits per heavy atom. The summed E-state index contributed by atoms with van der Waals surface area (Å²) in [5, 5.41) is 0. The lowest BCUT2D eigenvalue weighted by Gasteiger charge is -2.37. The lowest BCUT2D eigenvalue weighted by Crippen LogP contribution is -2.54. The standard InChI is InChI=1S/C42H50N2O6S3/c45-51(46)31-41(43(29-33-13-5-1-6-14-33)52(47,48)39-25-21-37(22-26-39)35-17-9-3-10-18-35)42(32-51)44(30-34-15-7-2-8-16-34)53(49,50)40-27-23-38(24-28-40)36-19-11-4-12-20-36/h1-2,5-8,13-16,21-28,35-36,41-42H,3-4,9-12,17-20,29-32H2/t41-,42-/m0/s1. The number of hydrogen-bond acceptors (Lipinski definition) is 6. The average molecular weight is 775 g/mol. The number of nitrogens with zero attached hydrogens (tertiary/aromatic N) is 2. The molecule has 4 aromatic carbocycles. The first-order chi connectivity index (χ1) is 25.5. The molecule has 11 heteroatoms. The van der Waals surface area contributed by atoms with Crippen molar-refractivity contribution in [3.8, 4) is 0 Å². The SMILES string of the molecule is O=S1(=O)C[C@H](N(Cc2ccccc2)S(=O)(=O)c2ccc(C3CCCCC3)cc2)[C@@H](N(Cc2ccccc2)S(=O)(=O)c2ccc(C3CCCCC3)cc2)C1. The molecule has 2 aliphatic carbocycles. The van der Waals surface area contributed by atoms with E-state index >= 15 is 0 Å². The van der Waals surface area contributed by atoms with E-state index in [1.807, 2.05) is 60.7 Å². The largest absolute Gasteiger partial charge is 0.243 e. The van der Waals surface area contributed by atoms with Crippen molar-refractivity contribution in [3.63, 3.8) is 0 Å². The van der Waals surface area contributed by atoms with Gasteiger partial charge in [0, 0.05) is 13.1 Å². The van der Waals surface area contributed by atoms with E-state index < -0.39 is 53.5 Å². The van der Waals surface area contributed by atoms with Crippen LogP contribution in [0.2, 0.25) is 0 Å². The molecule has 2 atom stereocenters. The van der Waals surface area contributed by atoms with Gasteiger partial charge in [0.1, 0.15) is 0 Å². The Bertz CT molecular complexity index is 2000. The van der Waals surface area contributed by atoms with Gasteiger partial charge in [-0.25, -0.2) is 25.3 Å². The molecule has 1 aliphatic heterocycles. The average Bonchev–Trinajstić information content (AvgIpc) is 3.51. The molecule has 3 fully saturated rings. The third kappa shape index (κ3) is 8.65. The Morgan fingerprint density at radius 2 is 0.811 bits per heavy atom. The van der Waals surface area contributed by atoms with Gasteiger partial charge >= 0.3 is 0 Å². The van der Waals surface area contributed by atoms with Gasteiger partial charge in [-0.05, 0) is 84.0 Å². The summed E-state index contributed by atoms with van der Waals surface area (Å²) in [4.78, 5) is 0.124. The molecule has 0 radical (unpaired) electrons. The molecule has 8 nitrogen and oxygen atoms in total. The summed E-state index contributed by atoms with van der Waals surface area (Å²) >= 11 is 0. The van der Waals surface area contributed by atoms with E-state index in [0.29, 0.717) is 23.0 Å². The topological polar surface area (TPSA) is 109 Å². The lowest BCUT2D eigenvalue weighted by atomic mass is 9.84. The molecule has 0 aromatic heterocycles. The number of hydrogen-bond donors (Lipinski definition) is 0. The van der Waals surface area contributed by atoms with Crippen LogP contribution >= 0.6 is 0 Å². The fourth-order valence-electron chi connectivity index (χ4n) is 8.61. The first-order valence-electron chi connectivity index (χ1n) is 19.0. The van der Waals surface area contributed by atoms with Crippen LogP contribution in [0.3, 0.4) is 0 Å². The van der Waals surface area contributed by atoms with Gasteiger partial charge in [-0.15, -0.1) is 0 Å². The number of rotatable bonds is 12. The monoisotopic (exact) mass is 774 g/mol. The Kier molecular flexibility index (Phi) is 11.6. The van der Waals surface area contributed by atoms with Crippen molar-refractivity contribution >= 4 is 29.9 Å². The number of benzene rings is 4. The van der Waals surface area contributed by atoms with Crippen molar-refractivity contribution in [2.75, 3.05) is 11.5 Å². The Balaban J connectivity index is 1.29. The summed E-state index contributed by atoms with van der Waals surface area (Å²) in [7, 11) is -12.5. The van der Waals surface area contributed by atoms with Gasteiger partial charge < -0.3 is 0 Å². The van der Waals surface area contributed by atoms with E-state index in [4.69, 9.17) is 0 Å². The highest BCUT2D eigenvalue weighted by Crippen LogP contribution is 2.37. The van der Waals surface area contributed by atoms with Crippen molar-refractivity contribution in [2.45, 2.75) is 111 Å². The molecule has 4 aromatic rings. The van der Waals surface area contributed by atoms with Gasteiger partial charge in [0.15, 0.2) is 9.84 Å². The van der Waals surface area contributed by atoms with Crippen molar-refractivity contribution < 1.29 is 25.3 Å². The minimum Gasteiger partial charge on any atom is -0.229 e. The zero-order valence-electron chi connectivity index (χ0n) is 30.2. The quantitative estimate of drug-likeness (QED) is 0.144. The van der Waals surface area contributed by atoms with Crippen LogP contribution in [0.1, 0.15) is 98.3 Å². The zero-order valence-corrected chi connectivity index (χ0v) is 32.6. The number of sulfonamides is 2. The summed E-state index contributed by atoms with van der Waals surface area (Å²) in [5.74, 6) is -0.214. The van der Waals surface area contributed by atoms with Crippen LogP contribution in [-0.2, 0) is 43.0 Å². The Hall–Kier alpha value is -3.35. The maximum atomic E-state index is 14.8. The van der Waals surface area contributed by atoms with Gasteiger partial charge in [0.25, 0.3) is 0 Å².